The number of rotatable bonds is 4. The van der Waals surface area contributed by atoms with Crippen LogP contribution in [0.2, 0.25) is 0 Å². The Balaban J connectivity index is 2.91. The fraction of sp³-hybridized carbons (Fsp3) is 0.333. The van der Waals surface area contributed by atoms with Gasteiger partial charge in [0.15, 0.2) is 6.04 Å². The van der Waals surface area contributed by atoms with Crippen molar-refractivity contribution in [3.8, 4) is 0 Å². The molecule has 1 heterocycles. The molecule has 13 heavy (non-hydrogen) atoms. The van der Waals surface area contributed by atoms with E-state index in [0.29, 0.717) is 6.42 Å². The SMILES string of the molecule is C=Cn1cc[n+](C(CC)C(=O)O)c1. The highest BCUT2D eigenvalue weighted by atomic mass is 16.4. The number of carbonyl (C=O) groups is 1. The van der Waals surface area contributed by atoms with Gasteiger partial charge in [-0.2, -0.15) is 0 Å². The maximum atomic E-state index is 10.8. The molecule has 1 aromatic heterocycles. The molecule has 1 unspecified atom stereocenters. The molecule has 70 valence electrons. The normalized spacial score (nSPS) is 12.4. The third-order valence-electron chi connectivity index (χ3n) is 1.92. The summed E-state index contributed by atoms with van der Waals surface area (Å²) in [4.78, 5) is 10.8. The van der Waals surface area contributed by atoms with Crippen LogP contribution in [0.3, 0.4) is 0 Å². The number of carboxylic acid groups (broad SMARTS) is 1. The molecule has 0 amide bonds. The van der Waals surface area contributed by atoms with Crippen LogP contribution in [0.15, 0.2) is 25.3 Å². The number of aromatic nitrogens is 2. The van der Waals surface area contributed by atoms with E-state index in [2.05, 4.69) is 6.58 Å². The van der Waals surface area contributed by atoms with Crippen molar-refractivity contribution in [3.63, 3.8) is 0 Å². The Bertz CT molecular complexity index is 317. The largest absolute Gasteiger partial charge is 0.478 e. The number of aliphatic carboxylic acids is 1. The van der Waals surface area contributed by atoms with Crippen LogP contribution >= 0.6 is 0 Å². The van der Waals surface area contributed by atoms with E-state index < -0.39 is 12.0 Å². The monoisotopic (exact) mass is 181 g/mol. The van der Waals surface area contributed by atoms with E-state index in [0.717, 1.165) is 0 Å². The number of hydrogen-bond donors (Lipinski definition) is 1. The molecule has 0 saturated carbocycles. The molecule has 0 radical (unpaired) electrons. The summed E-state index contributed by atoms with van der Waals surface area (Å²) < 4.78 is 3.37. The van der Waals surface area contributed by atoms with Crippen LogP contribution in [0.25, 0.3) is 6.20 Å². The van der Waals surface area contributed by atoms with Gasteiger partial charge < -0.3 is 5.11 Å². The lowest BCUT2D eigenvalue weighted by Crippen LogP contribution is -2.41. The molecule has 0 aromatic carbocycles. The van der Waals surface area contributed by atoms with E-state index in [4.69, 9.17) is 5.11 Å². The first kappa shape index (κ1) is 9.51. The maximum Gasteiger partial charge on any atom is 0.349 e. The third-order valence-corrected chi connectivity index (χ3v) is 1.92. The average Bonchev–Trinajstić information content (AvgIpc) is 2.53. The van der Waals surface area contributed by atoms with Crippen molar-refractivity contribution in [2.24, 2.45) is 0 Å². The van der Waals surface area contributed by atoms with Crippen LogP contribution in [0.5, 0.6) is 0 Å². The zero-order valence-electron chi connectivity index (χ0n) is 7.55. The first-order valence-corrected chi connectivity index (χ1v) is 4.12. The Labute approximate surface area is 76.7 Å². The Morgan fingerprint density at radius 1 is 1.85 bits per heavy atom. The summed E-state index contributed by atoms with van der Waals surface area (Å²) in [5.74, 6) is -0.811. The molecule has 1 rings (SSSR count). The van der Waals surface area contributed by atoms with Crippen molar-refractivity contribution in [3.05, 3.63) is 25.3 Å². The molecule has 4 nitrogen and oxygen atoms in total. The summed E-state index contributed by atoms with van der Waals surface area (Å²) >= 11 is 0. The standard InChI is InChI=1S/C9H12N2O2/c1-3-8(9(12)13)11-6-5-10(4-2)7-11/h4-8H,2-3H2,1H3/p+1. The minimum atomic E-state index is -0.811. The van der Waals surface area contributed by atoms with Gasteiger partial charge >= 0.3 is 5.97 Å². The summed E-state index contributed by atoms with van der Waals surface area (Å²) in [6.07, 6.45) is 7.38. The Morgan fingerprint density at radius 2 is 2.54 bits per heavy atom. The third kappa shape index (κ3) is 1.96. The summed E-state index contributed by atoms with van der Waals surface area (Å²) in [5.41, 5.74) is 0. The van der Waals surface area contributed by atoms with Gasteiger partial charge in [0.2, 0.25) is 6.33 Å². The molecule has 0 spiro atoms. The van der Waals surface area contributed by atoms with Gasteiger partial charge in [-0.25, -0.2) is 13.9 Å². The first-order chi connectivity index (χ1) is 6.19. The van der Waals surface area contributed by atoms with Gasteiger partial charge in [0.25, 0.3) is 0 Å². The Kier molecular flexibility index (Phi) is 2.84. The molecule has 0 aliphatic heterocycles. The van der Waals surface area contributed by atoms with Gasteiger partial charge in [-0.3, -0.25) is 0 Å². The number of imidazole rings is 1. The van der Waals surface area contributed by atoms with Crippen LogP contribution in [0.4, 0.5) is 0 Å². The van der Waals surface area contributed by atoms with Gasteiger partial charge in [0, 0.05) is 0 Å². The van der Waals surface area contributed by atoms with Crippen molar-refractivity contribution in [2.45, 2.75) is 19.4 Å². The molecule has 1 aromatic rings. The molecule has 0 aliphatic carbocycles. The smallest absolute Gasteiger partial charge is 0.349 e. The van der Waals surface area contributed by atoms with Gasteiger partial charge in [-0.1, -0.05) is 13.5 Å². The van der Waals surface area contributed by atoms with E-state index in [1.54, 1.807) is 34.1 Å². The lowest BCUT2D eigenvalue weighted by atomic mass is 10.2. The van der Waals surface area contributed by atoms with Crippen molar-refractivity contribution < 1.29 is 14.5 Å². The van der Waals surface area contributed by atoms with E-state index in [9.17, 15) is 4.79 Å². The van der Waals surface area contributed by atoms with E-state index >= 15 is 0 Å². The van der Waals surface area contributed by atoms with Crippen LogP contribution in [-0.2, 0) is 4.79 Å². The van der Waals surface area contributed by atoms with Crippen LogP contribution in [0, 0.1) is 0 Å². The number of nitrogens with zero attached hydrogens (tertiary/aromatic N) is 2. The molecule has 0 aliphatic rings. The molecular weight excluding hydrogens is 168 g/mol. The summed E-state index contributed by atoms with van der Waals surface area (Å²) in [7, 11) is 0. The van der Waals surface area contributed by atoms with Crippen molar-refractivity contribution in [1.82, 2.24) is 4.57 Å². The van der Waals surface area contributed by atoms with Crippen LogP contribution in [-0.4, -0.2) is 15.6 Å². The van der Waals surface area contributed by atoms with E-state index in [-0.39, 0.29) is 0 Å². The summed E-state index contributed by atoms with van der Waals surface area (Å²) in [6, 6.07) is -0.485. The zero-order chi connectivity index (χ0) is 9.84. The molecule has 0 saturated heterocycles. The quantitative estimate of drug-likeness (QED) is 0.702. The summed E-state index contributed by atoms with van der Waals surface area (Å²) in [6.45, 7) is 5.42. The van der Waals surface area contributed by atoms with Gasteiger partial charge in [0.1, 0.15) is 12.4 Å². The van der Waals surface area contributed by atoms with Crippen LogP contribution in [0.1, 0.15) is 19.4 Å². The maximum absolute atomic E-state index is 10.8. The topological polar surface area (TPSA) is 46.1 Å². The second-order valence-electron chi connectivity index (χ2n) is 2.75. The molecule has 0 fully saturated rings. The Hall–Kier alpha value is -1.58. The predicted molar refractivity (Wildman–Crippen MR) is 48.0 cm³/mol. The second kappa shape index (κ2) is 3.89. The van der Waals surface area contributed by atoms with Gasteiger partial charge in [0.05, 0.1) is 6.20 Å². The zero-order valence-corrected chi connectivity index (χ0v) is 7.55. The van der Waals surface area contributed by atoms with Crippen molar-refractivity contribution in [1.29, 1.82) is 0 Å². The molecule has 4 heteroatoms. The average molecular weight is 181 g/mol. The molecule has 1 atom stereocenters. The highest BCUT2D eigenvalue weighted by Crippen LogP contribution is 2.01. The van der Waals surface area contributed by atoms with Crippen LogP contribution < -0.4 is 4.57 Å². The minimum Gasteiger partial charge on any atom is -0.478 e. The summed E-state index contributed by atoms with van der Waals surface area (Å²) in [5, 5.41) is 8.85. The highest BCUT2D eigenvalue weighted by Gasteiger charge is 2.21. The molecular formula is C9H13N2O2+. The van der Waals surface area contributed by atoms with Crippen molar-refractivity contribution in [2.75, 3.05) is 0 Å². The van der Waals surface area contributed by atoms with Gasteiger partial charge in [-0.05, 0) is 6.42 Å². The molecule has 0 bridgehead atoms. The molecule has 1 N–H and O–H groups in total. The fourth-order valence-corrected chi connectivity index (χ4v) is 1.19. The van der Waals surface area contributed by atoms with E-state index in [1.807, 2.05) is 6.92 Å². The lowest BCUT2D eigenvalue weighted by molar-refractivity contribution is -0.710. The number of carboxylic acids is 1. The number of hydrogen-bond acceptors (Lipinski definition) is 1. The predicted octanol–water partition coefficient (Wildman–Crippen LogP) is 0.912. The highest BCUT2D eigenvalue weighted by molar-refractivity contribution is 5.69. The van der Waals surface area contributed by atoms with Crippen molar-refractivity contribution >= 4 is 12.2 Å². The lowest BCUT2D eigenvalue weighted by Gasteiger charge is -2.03. The first-order valence-electron chi connectivity index (χ1n) is 4.12. The Morgan fingerprint density at radius 3 is 2.92 bits per heavy atom. The second-order valence-corrected chi connectivity index (χ2v) is 2.75. The minimum absolute atomic E-state index is 0.485. The fourth-order valence-electron chi connectivity index (χ4n) is 1.19. The van der Waals surface area contributed by atoms with Gasteiger partial charge in [-0.15, -0.1) is 0 Å². The van der Waals surface area contributed by atoms with E-state index in [1.165, 1.54) is 0 Å².